The van der Waals surface area contributed by atoms with Crippen molar-refractivity contribution in [1.82, 2.24) is 0 Å². The highest BCUT2D eigenvalue weighted by atomic mass is 35.5. The van der Waals surface area contributed by atoms with Gasteiger partial charge in [-0.15, -0.1) is 11.6 Å². The van der Waals surface area contributed by atoms with Crippen molar-refractivity contribution in [3.8, 4) is 5.75 Å². The second-order valence-corrected chi connectivity index (χ2v) is 6.55. The number of benzene rings is 1. The second kappa shape index (κ2) is 6.72. The molecule has 0 aliphatic carbocycles. The Morgan fingerprint density at radius 1 is 1.42 bits per heavy atom. The third-order valence-corrected chi connectivity index (χ3v) is 3.63. The number of hydrogen-bond acceptors (Lipinski definition) is 5. The molecule has 106 valence electrons. The van der Waals surface area contributed by atoms with Crippen molar-refractivity contribution in [2.24, 2.45) is 0 Å². The normalized spacial score (nSPS) is 11.3. The van der Waals surface area contributed by atoms with Crippen molar-refractivity contribution in [3.63, 3.8) is 0 Å². The summed E-state index contributed by atoms with van der Waals surface area (Å²) in [6, 6.07) is 4.36. The van der Waals surface area contributed by atoms with Crippen LogP contribution in [0.25, 0.3) is 0 Å². The predicted octanol–water partition coefficient (Wildman–Crippen LogP) is 2.15. The summed E-state index contributed by atoms with van der Waals surface area (Å²) in [4.78, 5) is 10.3. The number of sulfone groups is 1. The molecule has 1 rings (SSSR count). The van der Waals surface area contributed by atoms with Crippen LogP contribution in [0.5, 0.6) is 5.75 Å². The molecule has 0 amide bonds. The van der Waals surface area contributed by atoms with E-state index in [4.69, 9.17) is 16.3 Å². The first-order valence-electron chi connectivity index (χ1n) is 5.47. The quantitative estimate of drug-likeness (QED) is 0.333. The van der Waals surface area contributed by atoms with Gasteiger partial charge in [-0.1, -0.05) is 6.07 Å². The van der Waals surface area contributed by atoms with E-state index in [1.807, 2.05) is 0 Å². The Morgan fingerprint density at radius 2 is 2.11 bits per heavy atom. The Morgan fingerprint density at radius 3 is 2.63 bits per heavy atom. The van der Waals surface area contributed by atoms with E-state index in [1.165, 1.54) is 12.1 Å². The maximum absolute atomic E-state index is 10.9. The van der Waals surface area contributed by atoms with Gasteiger partial charge in [0.25, 0.3) is 0 Å². The Hall–Kier alpha value is -1.34. The number of alkyl halides is 1. The second-order valence-electron chi connectivity index (χ2n) is 4.02. The number of ether oxygens (including phenoxy) is 1. The third-order valence-electron chi connectivity index (χ3n) is 2.29. The average molecular weight is 308 g/mol. The summed E-state index contributed by atoms with van der Waals surface area (Å²) >= 11 is 5.65. The van der Waals surface area contributed by atoms with Crippen molar-refractivity contribution in [2.75, 3.05) is 18.6 Å². The van der Waals surface area contributed by atoms with Crippen LogP contribution in [0, 0.1) is 10.1 Å². The van der Waals surface area contributed by atoms with E-state index in [-0.39, 0.29) is 36.1 Å². The summed E-state index contributed by atoms with van der Waals surface area (Å²) < 4.78 is 27.1. The minimum Gasteiger partial charge on any atom is -0.487 e. The van der Waals surface area contributed by atoms with Gasteiger partial charge in [-0.05, 0) is 18.1 Å². The van der Waals surface area contributed by atoms with Gasteiger partial charge < -0.3 is 4.74 Å². The van der Waals surface area contributed by atoms with E-state index in [0.717, 1.165) is 6.26 Å². The summed E-state index contributed by atoms with van der Waals surface area (Å²) in [7, 11) is -3.05. The molecule has 1 aromatic carbocycles. The molecule has 0 aliphatic rings. The van der Waals surface area contributed by atoms with E-state index in [0.29, 0.717) is 5.56 Å². The fraction of sp³-hybridized carbons (Fsp3) is 0.455. The SMILES string of the molecule is CS(=O)(=O)CCCOc1cc(CCl)ccc1[N+](=O)[O-]. The smallest absolute Gasteiger partial charge is 0.310 e. The van der Waals surface area contributed by atoms with Crippen LogP contribution in [0.2, 0.25) is 0 Å². The fourth-order valence-corrected chi connectivity index (χ4v) is 2.22. The number of nitro benzene ring substituents is 1. The predicted molar refractivity (Wildman–Crippen MR) is 72.5 cm³/mol. The molecule has 0 fully saturated rings. The van der Waals surface area contributed by atoms with Crippen LogP contribution >= 0.6 is 11.6 Å². The number of nitro groups is 1. The molecule has 0 saturated carbocycles. The molecule has 0 N–H and O–H groups in total. The van der Waals surface area contributed by atoms with Crippen LogP contribution in [0.4, 0.5) is 5.69 Å². The Labute approximate surface area is 116 Å². The molecule has 0 atom stereocenters. The van der Waals surface area contributed by atoms with Crippen molar-refractivity contribution < 1.29 is 18.1 Å². The molecular weight excluding hydrogens is 294 g/mol. The first-order valence-corrected chi connectivity index (χ1v) is 8.07. The maximum atomic E-state index is 10.9. The van der Waals surface area contributed by atoms with Crippen LogP contribution in [0.15, 0.2) is 18.2 Å². The zero-order valence-corrected chi connectivity index (χ0v) is 11.9. The molecule has 0 heterocycles. The summed E-state index contributed by atoms with van der Waals surface area (Å²) in [5, 5.41) is 10.8. The molecule has 0 bridgehead atoms. The highest BCUT2D eigenvalue weighted by Gasteiger charge is 2.15. The molecule has 0 aromatic heterocycles. The number of hydrogen-bond donors (Lipinski definition) is 0. The fourth-order valence-electron chi connectivity index (χ4n) is 1.41. The highest BCUT2D eigenvalue weighted by Crippen LogP contribution is 2.28. The van der Waals surface area contributed by atoms with Gasteiger partial charge in [0.1, 0.15) is 9.84 Å². The Balaban J connectivity index is 2.72. The first kappa shape index (κ1) is 15.7. The van der Waals surface area contributed by atoms with Crippen molar-refractivity contribution in [3.05, 3.63) is 33.9 Å². The summed E-state index contributed by atoms with van der Waals surface area (Å²) in [6.45, 7) is 0.0969. The van der Waals surface area contributed by atoms with Gasteiger partial charge >= 0.3 is 5.69 Å². The van der Waals surface area contributed by atoms with Crippen molar-refractivity contribution in [2.45, 2.75) is 12.3 Å². The number of halogens is 1. The Kier molecular flexibility index (Phi) is 5.56. The minimum atomic E-state index is -3.05. The number of rotatable bonds is 7. The molecule has 0 saturated heterocycles. The van der Waals surface area contributed by atoms with Crippen LogP contribution in [-0.4, -0.2) is 32.0 Å². The van der Waals surface area contributed by atoms with E-state index in [9.17, 15) is 18.5 Å². The van der Waals surface area contributed by atoms with Crippen LogP contribution < -0.4 is 4.74 Å². The van der Waals surface area contributed by atoms with Crippen LogP contribution in [0.1, 0.15) is 12.0 Å². The zero-order chi connectivity index (χ0) is 14.5. The first-order chi connectivity index (χ1) is 8.83. The van der Waals surface area contributed by atoms with E-state index in [2.05, 4.69) is 0 Å². The van der Waals surface area contributed by atoms with Crippen LogP contribution in [0.3, 0.4) is 0 Å². The van der Waals surface area contributed by atoms with Gasteiger partial charge in [0.05, 0.1) is 17.3 Å². The lowest BCUT2D eigenvalue weighted by Gasteiger charge is -2.07. The van der Waals surface area contributed by atoms with Crippen LogP contribution in [-0.2, 0) is 15.7 Å². The summed E-state index contributed by atoms with van der Waals surface area (Å²) in [6.07, 6.45) is 1.41. The molecule has 0 unspecified atom stereocenters. The van der Waals surface area contributed by atoms with Gasteiger partial charge in [-0.25, -0.2) is 8.42 Å². The van der Waals surface area contributed by atoms with Crippen molar-refractivity contribution in [1.29, 1.82) is 0 Å². The molecule has 0 aliphatic heterocycles. The summed E-state index contributed by atoms with van der Waals surface area (Å²) in [5.74, 6) is 0.310. The molecule has 1 aromatic rings. The molecule has 0 radical (unpaired) electrons. The largest absolute Gasteiger partial charge is 0.487 e. The average Bonchev–Trinajstić information content (AvgIpc) is 2.33. The molecule has 0 spiro atoms. The van der Waals surface area contributed by atoms with Gasteiger partial charge in [-0.3, -0.25) is 10.1 Å². The Bertz CT molecular complexity index is 558. The van der Waals surface area contributed by atoms with Gasteiger partial charge in [0, 0.05) is 18.2 Å². The lowest BCUT2D eigenvalue weighted by atomic mass is 10.2. The maximum Gasteiger partial charge on any atom is 0.310 e. The molecule has 8 heteroatoms. The van der Waals surface area contributed by atoms with Gasteiger partial charge in [0.15, 0.2) is 5.75 Å². The van der Waals surface area contributed by atoms with E-state index < -0.39 is 14.8 Å². The van der Waals surface area contributed by atoms with E-state index >= 15 is 0 Å². The molecular formula is C11H14ClNO5S. The van der Waals surface area contributed by atoms with E-state index in [1.54, 1.807) is 6.07 Å². The highest BCUT2D eigenvalue weighted by molar-refractivity contribution is 7.90. The lowest BCUT2D eigenvalue weighted by molar-refractivity contribution is -0.385. The monoisotopic (exact) mass is 307 g/mol. The minimum absolute atomic E-state index is 0.0179. The summed E-state index contributed by atoms with van der Waals surface area (Å²) in [5.41, 5.74) is 0.540. The standard InChI is InChI=1S/C11H14ClNO5S/c1-19(16,17)6-2-5-18-11-7-9(8-12)3-4-10(11)13(14)15/h3-4,7H,2,5-6,8H2,1H3. The van der Waals surface area contributed by atoms with Crippen molar-refractivity contribution >= 4 is 27.1 Å². The zero-order valence-electron chi connectivity index (χ0n) is 10.3. The topological polar surface area (TPSA) is 86.5 Å². The molecule has 6 nitrogen and oxygen atoms in total. The lowest BCUT2D eigenvalue weighted by Crippen LogP contribution is -2.08. The number of nitrogens with zero attached hydrogens (tertiary/aromatic N) is 1. The van der Waals surface area contributed by atoms with Gasteiger partial charge in [-0.2, -0.15) is 0 Å². The third kappa shape index (κ3) is 5.44. The molecule has 19 heavy (non-hydrogen) atoms. The van der Waals surface area contributed by atoms with Gasteiger partial charge in [0.2, 0.25) is 0 Å².